The van der Waals surface area contributed by atoms with E-state index < -0.39 is 11.7 Å². The molecule has 3 aromatic rings. The number of carbonyl (C=O) groups excluding carboxylic acids is 1. The van der Waals surface area contributed by atoms with E-state index in [9.17, 15) is 9.18 Å². The van der Waals surface area contributed by atoms with Crippen molar-refractivity contribution in [2.24, 2.45) is 0 Å². The van der Waals surface area contributed by atoms with Gasteiger partial charge in [0.15, 0.2) is 5.83 Å². The lowest BCUT2D eigenvalue weighted by Crippen LogP contribution is -2.54. The molecule has 4 heterocycles. The number of nitrogens with zero attached hydrogens (tertiary/aromatic N) is 5. The van der Waals surface area contributed by atoms with Gasteiger partial charge in [-0.25, -0.2) is 8.78 Å². The van der Waals surface area contributed by atoms with Crippen LogP contribution in [-0.4, -0.2) is 76.6 Å². The Bertz CT molecular complexity index is 1580. The lowest BCUT2D eigenvalue weighted by molar-refractivity contribution is -0.129. The molecule has 3 aliphatic heterocycles. The Hall–Kier alpha value is -3.59. The van der Waals surface area contributed by atoms with Crippen LogP contribution in [0.1, 0.15) is 56.6 Å². The maximum Gasteiger partial charge on any atom is 0.319 e. The fourth-order valence-corrected chi connectivity index (χ4v) is 7.92. The van der Waals surface area contributed by atoms with Crippen molar-refractivity contribution in [2.45, 2.75) is 69.9 Å². The molecule has 9 heteroatoms. The van der Waals surface area contributed by atoms with Gasteiger partial charge in [-0.1, -0.05) is 24.8 Å². The molecule has 7 rings (SSSR count). The standard InChI is InChI=1S/C34H39F2N5O2/c1-22-20-39(32(42)23(2)35)16-17-41(22)31-28-18-29(36)27(26-11-5-9-24-8-3-4-10-25(24)26)19-30(28)37-33(38-31)43-21-34-12-6-14-40(34)15-7-13-34/h5,9,11,18-19,22H,2-4,6-8,10,12-17,20-21H2,1H3/t22-/m0/s1. The van der Waals surface area contributed by atoms with Gasteiger partial charge in [0.05, 0.1) is 11.1 Å². The van der Waals surface area contributed by atoms with Gasteiger partial charge >= 0.3 is 6.01 Å². The van der Waals surface area contributed by atoms with Gasteiger partial charge in [0.1, 0.15) is 18.2 Å². The first kappa shape index (κ1) is 28.2. The van der Waals surface area contributed by atoms with Crippen LogP contribution in [0.2, 0.25) is 0 Å². The molecule has 43 heavy (non-hydrogen) atoms. The van der Waals surface area contributed by atoms with E-state index in [4.69, 9.17) is 14.7 Å². The fourth-order valence-electron chi connectivity index (χ4n) is 7.92. The maximum atomic E-state index is 16.1. The second kappa shape index (κ2) is 11.2. The Kier molecular flexibility index (Phi) is 7.32. The Morgan fingerprint density at radius 1 is 1.05 bits per heavy atom. The van der Waals surface area contributed by atoms with Gasteiger partial charge in [0, 0.05) is 36.6 Å². The molecule has 0 bridgehead atoms. The van der Waals surface area contributed by atoms with Crippen LogP contribution in [0.25, 0.3) is 22.0 Å². The minimum atomic E-state index is -0.964. The number of anilines is 1. The van der Waals surface area contributed by atoms with E-state index in [1.54, 1.807) is 6.07 Å². The van der Waals surface area contributed by atoms with Crippen LogP contribution in [0.4, 0.5) is 14.6 Å². The van der Waals surface area contributed by atoms with Gasteiger partial charge in [-0.15, -0.1) is 0 Å². The summed E-state index contributed by atoms with van der Waals surface area (Å²) in [7, 11) is 0. The van der Waals surface area contributed by atoms with E-state index in [-0.39, 0.29) is 23.4 Å². The van der Waals surface area contributed by atoms with Gasteiger partial charge in [0.25, 0.3) is 5.91 Å². The predicted molar refractivity (Wildman–Crippen MR) is 163 cm³/mol. The third-order valence-electron chi connectivity index (χ3n) is 10.1. The number of amides is 1. The number of hydrogen-bond donors (Lipinski definition) is 0. The third-order valence-corrected chi connectivity index (χ3v) is 10.1. The zero-order valence-electron chi connectivity index (χ0n) is 24.9. The highest BCUT2D eigenvalue weighted by Crippen LogP contribution is 2.40. The number of aryl methyl sites for hydroxylation is 1. The molecule has 0 saturated carbocycles. The average Bonchev–Trinajstić information content (AvgIpc) is 3.60. The van der Waals surface area contributed by atoms with Crippen LogP contribution in [-0.2, 0) is 17.6 Å². The molecule has 3 saturated heterocycles. The number of halogens is 2. The molecule has 1 amide bonds. The summed E-state index contributed by atoms with van der Waals surface area (Å²) >= 11 is 0. The van der Waals surface area contributed by atoms with Crippen molar-refractivity contribution >= 4 is 22.6 Å². The van der Waals surface area contributed by atoms with Crippen molar-refractivity contribution in [3.63, 3.8) is 0 Å². The smallest absolute Gasteiger partial charge is 0.319 e. The molecule has 2 aromatic carbocycles. The molecule has 1 aromatic heterocycles. The molecule has 226 valence electrons. The minimum absolute atomic E-state index is 0.0313. The zero-order valence-corrected chi connectivity index (χ0v) is 24.9. The van der Waals surface area contributed by atoms with Crippen molar-refractivity contribution in [3.8, 4) is 17.1 Å². The highest BCUT2D eigenvalue weighted by atomic mass is 19.1. The zero-order chi connectivity index (χ0) is 29.7. The second-order valence-corrected chi connectivity index (χ2v) is 12.7. The Balaban J connectivity index is 1.29. The van der Waals surface area contributed by atoms with Gasteiger partial charge in [-0.3, -0.25) is 9.69 Å². The molecule has 0 radical (unpaired) electrons. The summed E-state index contributed by atoms with van der Waals surface area (Å²) < 4.78 is 36.1. The first-order chi connectivity index (χ1) is 20.8. The summed E-state index contributed by atoms with van der Waals surface area (Å²) in [6.07, 6.45) is 8.77. The van der Waals surface area contributed by atoms with Crippen LogP contribution in [0.5, 0.6) is 6.01 Å². The van der Waals surface area contributed by atoms with Crippen LogP contribution < -0.4 is 9.64 Å². The SMILES string of the molecule is C=C(F)C(=O)N1CCN(c2nc(OCC34CCCN3CCC4)nc3cc(-c4cccc5c4CCCC5)c(F)cc23)[C@@H](C)C1. The van der Waals surface area contributed by atoms with Crippen LogP contribution in [0.15, 0.2) is 42.7 Å². The largest absolute Gasteiger partial charge is 0.461 e. The van der Waals surface area contributed by atoms with Crippen LogP contribution in [0.3, 0.4) is 0 Å². The number of fused-ring (bicyclic) bond motifs is 3. The first-order valence-electron chi connectivity index (χ1n) is 15.7. The van der Waals surface area contributed by atoms with E-state index in [0.717, 1.165) is 57.2 Å². The number of rotatable bonds is 6. The van der Waals surface area contributed by atoms with E-state index in [1.807, 2.05) is 25.1 Å². The molecule has 0 spiro atoms. The van der Waals surface area contributed by atoms with Gasteiger partial charge in [-0.2, -0.15) is 9.97 Å². The van der Waals surface area contributed by atoms with Crippen LogP contribution in [0, 0.1) is 5.82 Å². The minimum Gasteiger partial charge on any atom is -0.461 e. The number of piperazine rings is 1. The van der Waals surface area contributed by atoms with Gasteiger partial charge in [-0.05, 0) is 100 Å². The molecule has 1 atom stereocenters. The number of benzene rings is 2. The third kappa shape index (κ3) is 5.05. The van der Waals surface area contributed by atoms with E-state index in [1.165, 1.54) is 28.9 Å². The molecule has 7 nitrogen and oxygen atoms in total. The van der Waals surface area contributed by atoms with Gasteiger partial charge in [0.2, 0.25) is 0 Å². The summed E-state index contributed by atoms with van der Waals surface area (Å²) in [5, 5.41) is 0.599. The molecule has 4 aliphatic rings. The summed E-state index contributed by atoms with van der Waals surface area (Å²) in [5.74, 6) is -1.39. The average molecular weight is 588 g/mol. The molecular formula is C34H39F2N5O2. The number of ether oxygens (including phenoxy) is 1. The Morgan fingerprint density at radius 3 is 2.60 bits per heavy atom. The summed E-state index contributed by atoms with van der Waals surface area (Å²) in [6, 6.07) is 9.68. The molecule has 3 fully saturated rings. The highest BCUT2D eigenvalue weighted by molar-refractivity contribution is 5.94. The van der Waals surface area contributed by atoms with Gasteiger partial charge < -0.3 is 14.5 Å². The van der Waals surface area contributed by atoms with Crippen molar-refractivity contribution in [3.05, 3.63) is 59.7 Å². The summed E-state index contributed by atoms with van der Waals surface area (Å²) in [6.45, 7) is 8.89. The quantitative estimate of drug-likeness (QED) is 0.338. The van der Waals surface area contributed by atoms with Crippen molar-refractivity contribution < 1.29 is 18.3 Å². The van der Waals surface area contributed by atoms with E-state index >= 15 is 4.39 Å². The maximum absolute atomic E-state index is 16.1. The summed E-state index contributed by atoms with van der Waals surface area (Å²) in [5.41, 5.74) is 4.65. The molecule has 0 N–H and O–H groups in total. The molecular weight excluding hydrogens is 548 g/mol. The van der Waals surface area contributed by atoms with Crippen LogP contribution >= 0.6 is 0 Å². The first-order valence-corrected chi connectivity index (χ1v) is 15.7. The normalized spacial score (nSPS) is 21.6. The topological polar surface area (TPSA) is 61.8 Å². The number of aromatic nitrogens is 2. The van der Waals surface area contributed by atoms with E-state index in [0.29, 0.717) is 48.5 Å². The molecule has 1 aliphatic carbocycles. The fraction of sp³-hybridized carbons (Fsp3) is 0.500. The lowest BCUT2D eigenvalue weighted by atomic mass is 9.85. The lowest BCUT2D eigenvalue weighted by Gasteiger charge is -2.40. The van der Waals surface area contributed by atoms with Crippen molar-refractivity contribution in [2.75, 3.05) is 44.2 Å². The predicted octanol–water partition coefficient (Wildman–Crippen LogP) is 5.84. The van der Waals surface area contributed by atoms with Crippen molar-refractivity contribution in [1.82, 2.24) is 19.8 Å². The Morgan fingerprint density at radius 2 is 1.84 bits per heavy atom. The Labute approximate surface area is 251 Å². The number of carbonyl (C=O) groups is 1. The molecule has 0 unspecified atom stereocenters. The highest BCUT2D eigenvalue weighted by Gasteiger charge is 2.45. The van der Waals surface area contributed by atoms with Crippen molar-refractivity contribution in [1.29, 1.82) is 0 Å². The van der Waals surface area contributed by atoms with E-state index in [2.05, 4.69) is 22.4 Å². The second-order valence-electron chi connectivity index (χ2n) is 12.7. The summed E-state index contributed by atoms with van der Waals surface area (Å²) in [4.78, 5) is 28.1. The number of hydrogen-bond acceptors (Lipinski definition) is 6. The monoisotopic (exact) mass is 587 g/mol.